The molecule has 0 aliphatic rings. The van der Waals surface area contributed by atoms with E-state index in [1.807, 2.05) is 6.92 Å². The molecule has 2 aromatic rings. The number of hydrogen-bond acceptors (Lipinski definition) is 3. The number of halogens is 2. The zero-order chi connectivity index (χ0) is 12.4. The van der Waals surface area contributed by atoms with Crippen LogP contribution in [0.25, 0.3) is 11.1 Å². The molecule has 4 nitrogen and oxygen atoms in total. The van der Waals surface area contributed by atoms with Crippen LogP contribution in [0.2, 0.25) is 0 Å². The van der Waals surface area contributed by atoms with E-state index in [1.54, 1.807) is 0 Å². The van der Waals surface area contributed by atoms with Crippen LogP contribution in [-0.4, -0.2) is 10.2 Å². The van der Waals surface area contributed by atoms with Crippen molar-refractivity contribution in [3.8, 4) is 0 Å². The molecular formula is C11H12F2N2O2. The second kappa shape index (κ2) is 4.65. The van der Waals surface area contributed by atoms with E-state index >= 15 is 0 Å². The van der Waals surface area contributed by atoms with E-state index in [0.29, 0.717) is 12.0 Å². The highest BCUT2D eigenvalue weighted by atomic mass is 19.3. The minimum absolute atomic E-state index is 0.0427. The number of H-pyrrole nitrogens is 1. The molecule has 0 aliphatic heterocycles. The van der Waals surface area contributed by atoms with Gasteiger partial charge < -0.3 is 4.42 Å². The van der Waals surface area contributed by atoms with Crippen LogP contribution in [0.3, 0.4) is 0 Å². The smallest absolute Gasteiger partial charge is 0.337 e. The molecule has 0 amide bonds. The Morgan fingerprint density at radius 3 is 2.94 bits per heavy atom. The number of alkyl halides is 2. The summed E-state index contributed by atoms with van der Waals surface area (Å²) in [5.41, 5.74) is -0.313. The average molecular weight is 242 g/mol. The molecule has 0 saturated heterocycles. The maximum atomic E-state index is 12.7. The van der Waals surface area contributed by atoms with Gasteiger partial charge in [-0.25, -0.2) is 13.6 Å². The van der Waals surface area contributed by atoms with Gasteiger partial charge in [-0.15, -0.1) is 5.10 Å². The second-order valence-corrected chi connectivity index (χ2v) is 3.81. The lowest BCUT2D eigenvalue weighted by molar-refractivity contribution is 0.147. The number of rotatable bonds is 4. The number of nitrogens with zero attached hydrogens (tertiary/aromatic N) is 1. The van der Waals surface area contributed by atoms with Gasteiger partial charge in [-0.05, 0) is 18.4 Å². The van der Waals surface area contributed by atoms with Crippen LogP contribution in [0.4, 0.5) is 8.78 Å². The standard InChI is InChI=1S/C11H12F2N2O2/c1-2-3-4-6-5-7(16)17-11-8(6)9(10(12)13)14-15-11/h5,10H,2-4H2,1H3,(H,14,15). The van der Waals surface area contributed by atoms with E-state index in [-0.39, 0.29) is 16.8 Å². The first-order valence-electron chi connectivity index (χ1n) is 5.42. The normalized spacial score (nSPS) is 11.5. The van der Waals surface area contributed by atoms with E-state index in [9.17, 15) is 13.6 Å². The maximum absolute atomic E-state index is 12.7. The van der Waals surface area contributed by atoms with Gasteiger partial charge in [0, 0.05) is 6.07 Å². The summed E-state index contributed by atoms with van der Waals surface area (Å²) in [5.74, 6) is 0. The quantitative estimate of drug-likeness (QED) is 0.896. The first-order chi connectivity index (χ1) is 8.13. The Kier molecular flexibility index (Phi) is 3.21. The third kappa shape index (κ3) is 2.20. The molecule has 92 valence electrons. The molecule has 6 heteroatoms. The lowest BCUT2D eigenvalue weighted by Gasteiger charge is -2.02. The van der Waals surface area contributed by atoms with Gasteiger partial charge in [0.25, 0.3) is 6.43 Å². The van der Waals surface area contributed by atoms with Crippen molar-refractivity contribution >= 4 is 11.1 Å². The molecular weight excluding hydrogens is 230 g/mol. The number of aryl methyl sites for hydroxylation is 1. The van der Waals surface area contributed by atoms with E-state index in [1.165, 1.54) is 6.07 Å². The Labute approximate surface area is 95.6 Å². The van der Waals surface area contributed by atoms with Crippen molar-refractivity contribution in [1.82, 2.24) is 10.2 Å². The molecule has 2 heterocycles. The van der Waals surface area contributed by atoms with Crippen LogP contribution in [-0.2, 0) is 6.42 Å². The molecule has 0 atom stereocenters. The first-order valence-corrected chi connectivity index (χ1v) is 5.42. The molecule has 0 aliphatic carbocycles. The average Bonchev–Trinajstić information content (AvgIpc) is 2.69. The minimum Gasteiger partial charge on any atom is -0.402 e. The molecule has 0 spiro atoms. The lowest BCUT2D eigenvalue weighted by atomic mass is 10.1. The minimum atomic E-state index is -2.66. The van der Waals surface area contributed by atoms with Crippen LogP contribution < -0.4 is 5.63 Å². The van der Waals surface area contributed by atoms with Gasteiger partial charge in [0.1, 0.15) is 5.69 Å². The van der Waals surface area contributed by atoms with Crippen molar-refractivity contribution in [2.24, 2.45) is 0 Å². The Bertz CT molecular complexity index is 574. The summed E-state index contributed by atoms with van der Waals surface area (Å²) in [5, 5.41) is 6.07. The topological polar surface area (TPSA) is 58.9 Å². The molecule has 0 radical (unpaired) electrons. The molecule has 0 unspecified atom stereocenters. The van der Waals surface area contributed by atoms with E-state index in [4.69, 9.17) is 4.42 Å². The predicted octanol–water partition coefficient (Wildman–Crippen LogP) is 2.80. The first kappa shape index (κ1) is 11.8. The fourth-order valence-electron chi connectivity index (χ4n) is 1.78. The molecule has 2 rings (SSSR count). The van der Waals surface area contributed by atoms with Gasteiger partial charge >= 0.3 is 5.63 Å². The number of aromatic nitrogens is 2. The highest BCUT2D eigenvalue weighted by Crippen LogP contribution is 2.27. The molecule has 0 fully saturated rings. The molecule has 0 saturated carbocycles. The van der Waals surface area contributed by atoms with E-state index in [0.717, 1.165) is 12.8 Å². The number of hydrogen-bond donors (Lipinski definition) is 1. The fourth-order valence-corrected chi connectivity index (χ4v) is 1.78. The zero-order valence-corrected chi connectivity index (χ0v) is 9.30. The summed E-state index contributed by atoms with van der Waals surface area (Å²) in [6.07, 6.45) is -0.346. The molecule has 17 heavy (non-hydrogen) atoms. The number of nitrogens with one attached hydrogen (secondary N) is 1. The number of unbranched alkanes of at least 4 members (excludes halogenated alkanes) is 1. The summed E-state index contributed by atoms with van der Waals surface area (Å²) < 4.78 is 30.3. The van der Waals surface area contributed by atoms with E-state index < -0.39 is 12.1 Å². The third-order valence-electron chi connectivity index (χ3n) is 2.59. The lowest BCUT2D eigenvalue weighted by Crippen LogP contribution is -2.01. The van der Waals surface area contributed by atoms with Crippen molar-refractivity contribution in [2.45, 2.75) is 32.6 Å². The van der Waals surface area contributed by atoms with E-state index in [2.05, 4.69) is 10.2 Å². The number of fused-ring (bicyclic) bond motifs is 1. The van der Waals surface area contributed by atoms with Crippen LogP contribution >= 0.6 is 0 Å². The molecule has 0 bridgehead atoms. The zero-order valence-electron chi connectivity index (χ0n) is 9.30. The Morgan fingerprint density at radius 1 is 1.53 bits per heavy atom. The summed E-state index contributed by atoms with van der Waals surface area (Å²) in [6, 6.07) is 1.26. The summed E-state index contributed by atoms with van der Waals surface area (Å²) in [4.78, 5) is 11.2. The molecule has 0 aromatic carbocycles. The van der Waals surface area contributed by atoms with Crippen LogP contribution in [0.15, 0.2) is 15.3 Å². The highest BCUT2D eigenvalue weighted by molar-refractivity contribution is 5.80. The second-order valence-electron chi connectivity index (χ2n) is 3.81. The van der Waals surface area contributed by atoms with Gasteiger partial charge in [0.15, 0.2) is 0 Å². The van der Waals surface area contributed by atoms with Gasteiger partial charge in [-0.2, -0.15) is 0 Å². The van der Waals surface area contributed by atoms with Crippen LogP contribution in [0.1, 0.15) is 37.4 Å². The Morgan fingerprint density at radius 2 is 2.29 bits per heavy atom. The van der Waals surface area contributed by atoms with Crippen molar-refractivity contribution in [2.75, 3.05) is 0 Å². The fraction of sp³-hybridized carbons (Fsp3) is 0.455. The van der Waals surface area contributed by atoms with Gasteiger partial charge in [0.2, 0.25) is 5.71 Å². The third-order valence-corrected chi connectivity index (χ3v) is 2.59. The van der Waals surface area contributed by atoms with Crippen molar-refractivity contribution in [3.05, 3.63) is 27.7 Å². The summed E-state index contributed by atoms with van der Waals surface area (Å²) in [7, 11) is 0. The molecule has 1 N–H and O–H groups in total. The Hall–Kier alpha value is -1.72. The van der Waals surface area contributed by atoms with Gasteiger partial charge in [0.05, 0.1) is 5.39 Å². The van der Waals surface area contributed by atoms with Crippen molar-refractivity contribution in [3.63, 3.8) is 0 Å². The predicted molar refractivity (Wildman–Crippen MR) is 58.2 cm³/mol. The highest BCUT2D eigenvalue weighted by Gasteiger charge is 2.19. The van der Waals surface area contributed by atoms with Crippen LogP contribution in [0.5, 0.6) is 0 Å². The maximum Gasteiger partial charge on any atom is 0.337 e. The summed E-state index contributed by atoms with van der Waals surface area (Å²) in [6.45, 7) is 1.99. The largest absolute Gasteiger partial charge is 0.402 e. The van der Waals surface area contributed by atoms with Gasteiger partial charge in [-0.1, -0.05) is 13.3 Å². The summed E-state index contributed by atoms with van der Waals surface area (Å²) >= 11 is 0. The Balaban J connectivity index is 2.61. The van der Waals surface area contributed by atoms with Crippen molar-refractivity contribution in [1.29, 1.82) is 0 Å². The van der Waals surface area contributed by atoms with Crippen molar-refractivity contribution < 1.29 is 13.2 Å². The van der Waals surface area contributed by atoms with Crippen LogP contribution in [0, 0.1) is 0 Å². The van der Waals surface area contributed by atoms with Gasteiger partial charge in [-0.3, -0.25) is 5.10 Å². The SMILES string of the molecule is CCCCc1cc(=O)oc2n[nH]c(C(F)F)c12. The monoisotopic (exact) mass is 242 g/mol. The number of aromatic amines is 1. The molecule has 2 aromatic heterocycles.